The fourth-order valence-electron chi connectivity index (χ4n) is 2.25. The molecular weight excluding hydrogens is 250 g/mol. The first kappa shape index (κ1) is 14.7. The van der Waals surface area contributed by atoms with Crippen LogP contribution < -0.4 is 10.1 Å². The quantitative estimate of drug-likeness (QED) is 0.825. The van der Waals surface area contributed by atoms with Crippen LogP contribution in [0.3, 0.4) is 0 Å². The molecule has 0 aliphatic heterocycles. The van der Waals surface area contributed by atoms with Crippen LogP contribution >= 0.6 is 0 Å². The van der Waals surface area contributed by atoms with Crippen LogP contribution in [0.15, 0.2) is 41.0 Å². The normalized spacial score (nSPS) is 12.3. The fourth-order valence-corrected chi connectivity index (χ4v) is 2.25. The summed E-state index contributed by atoms with van der Waals surface area (Å²) in [6.07, 6.45) is 2.84. The summed E-state index contributed by atoms with van der Waals surface area (Å²) < 4.78 is 11.2. The van der Waals surface area contributed by atoms with E-state index >= 15 is 0 Å². The molecule has 108 valence electrons. The topological polar surface area (TPSA) is 34.4 Å². The Bertz CT molecular complexity index is 516. The van der Waals surface area contributed by atoms with Gasteiger partial charge in [-0.15, -0.1) is 0 Å². The first-order valence-electron chi connectivity index (χ1n) is 7.26. The Hall–Kier alpha value is -1.74. The van der Waals surface area contributed by atoms with Crippen LogP contribution in [0.2, 0.25) is 0 Å². The molecule has 0 amide bonds. The third-order valence-electron chi connectivity index (χ3n) is 3.29. The summed E-state index contributed by atoms with van der Waals surface area (Å²) in [5.74, 6) is 1.89. The predicted molar refractivity (Wildman–Crippen MR) is 81.2 cm³/mol. The summed E-state index contributed by atoms with van der Waals surface area (Å²) in [6, 6.07) is 10.3. The van der Waals surface area contributed by atoms with Crippen molar-refractivity contribution in [3.8, 4) is 5.75 Å². The van der Waals surface area contributed by atoms with Gasteiger partial charge in [0.05, 0.1) is 18.9 Å². The van der Waals surface area contributed by atoms with Gasteiger partial charge >= 0.3 is 0 Å². The zero-order valence-corrected chi connectivity index (χ0v) is 12.5. The predicted octanol–water partition coefficient (Wildman–Crippen LogP) is 4.08. The molecule has 1 aromatic carbocycles. The van der Waals surface area contributed by atoms with Crippen molar-refractivity contribution in [2.75, 3.05) is 13.2 Å². The Labute approximate surface area is 121 Å². The Kier molecular flexibility index (Phi) is 5.24. The minimum atomic E-state index is 0.0978. The third kappa shape index (κ3) is 3.42. The van der Waals surface area contributed by atoms with Crippen molar-refractivity contribution in [2.45, 2.75) is 33.2 Å². The van der Waals surface area contributed by atoms with Crippen molar-refractivity contribution >= 4 is 0 Å². The molecule has 20 heavy (non-hydrogen) atoms. The van der Waals surface area contributed by atoms with E-state index in [1.54, 1.807) is 6.26 Å². The molecule has 2 rings (SSSR count). The Morgan fingerprint density at radius 1 is 1.15 bits per heavy atom. The van der Waals surface area contributed by atoms with Gasteiger partial charge in [-0.05, 0) is 56.1 Å². The van der Waals surface area contributed by atoms with Crippen molar-refractivity contribution in [1.29, 1.82) is 0 Å². The highest BCUT2D eigenvalue weighted by Gasteiger charge is 2.18. The molecule has 0 saturated heterocycles. The molecule has 2 aromatic rings. The van der Waals surface area contributed by atoms with Crippen molar-refractivity contribution in [1.82, 2.24) is 5.32 Å². The molecule has 1 atom stereocenters. The van der Waals surface area contributed by atoms with Gasteiger partial charge in [0.25, 0.3) is 0 Å². The molecule has 3 heteroatoms. The van der Waals surface area contributed by atoms with E-state index < -0.39 is 0 Å². The van der Waals surface area contributed by atoms with Gasteiger partial charge in [-0.25, -0.2) is 0 Å². The number of hydrogen-bond donors (Lipinski definition) is 1. The molecule has 1 unspecified atom stereocenters. The van der Waals surface area contributed by atoms with Crippen LogP contribution in [-0.4, -0.2) is 13.2 Å². The maximum atomic E-state index is 5.66. The van der Waals surface area contributed by atoms with Crippen LogP contribution in [0.4, 0.5) is 0 Å². The average Bonchev–Trinajstić information content (AvgIpc) is 2.88. The lowest BCUT2D eigenvalue weighted by molar-refractivity contribution is 0.340. The zero-order chi connectivity index (χ0) is 14.4. The van der Waals surface area contributed by atoms with Crippen LogP contribution in [0.5, 0.6) is 5.75 Å². The van der Waals surface area contributed by atoms with Crippen molar-refractivity contribution in [2.24, 2.45) is 0 Å². The van der Waals surface area contributed by atoms with Crippen molar-refractivity contribution in [3.05, 3.63) is 53.5 Å². The minimum Gasteiger partial charge on any atom is -0.494 e. The maximum absolute atomic E-state index is 5.66. The number of rotatable bonds is 7. The van der Waals surface area contributed by atoms with Gasteiger partial charge in [-0.2, -0.15) is 0 Å². The number of ether oxygens (including phenoxy) is 1. The van der Waals surface area contributed by atoms with E-state index in [2.05, 4.69) is 31.3 Å². The number of nitrogens with one attached hydrogen (secondary N) is 1. The number of aryl methyl sites for hydroxylation is 1. The molecule has 1 aromatic heterocycles. The van der Waals surface area contributed by atoms with E-state index in [1.165, 1.54) is 11.1 Å². The number of hydrogen-bond acceptors (Lipinski definition) is 3. The maximum Gasteiger partial charge on any atom is 0.128 e. The summed E-state index contributed by atoms with van der Waals surface area (Å²) in [4.78, 5) is 0. The fraction of sp³-hybridized carbons (Fsp3) is 0.412. The Morgan fingerprint density at radius 3 is 2.45 bits per heavy atom. The lowest BCUT2D eigenvalue weighted by Crippen LogP contribution is -2.23. The highest BCUT2D eigenvalue weighted by Crippen LogP contribution is 2.27. The average molecular weight is 273 g/mol. The monoisotopic (exact) mass is 273 g/mol. The van der Waals surface area contributed by atoms with E-state index in [9.17, 15) is 0 Å². The van der Waals surface area contributed by atoms with Crippen molar-refractivity contribution in [3.63, 3.8) is 0 Å². The number of benzene rings is 1. The summed E-state index contributed by atoms with van der Waals surface area (Å²) in [6.45, 7) is 7.88. The molecule has 3 nitrogen and oxygen atoms in total. The van der Waals surface area contributed by atoms with Gasteiger partial charge in [0.1, 0.15) is 11.5 Å². The minimum absolute atomic E-state index is 0.0978. The van der Waals surface area contributed by atoms with Crippen molar-refractivity contribution < 1.29 is 9.15 Å². The van der Waals surface area contributed by atoms with Crippen LogP contribution in [-0.2, 0) is 0 Å². The second-order valence-electron chi connectivity index (χ2n) is 4.86. The third-order valence-corrected chi connectivity index (χ3v) is 3.29. The summed E-state index contributed by atoms with van der Waals surface area (Å²) >= 11 is 0. The second kappa shape index (κ2) is 7.15. The largest absolute Gasteiger partial charge is 0.494 e. The molecule has 0 saturated carbocycles. The van der Waals surface area contributed by atoms with E-state index in [4.69, 9.17) is 9.15 Å². The number of furan rings is 1. The van der Waals surface area contributed by atoms with Gasteiger partial charge in [-0.3, -0.25) is 0 Å². The van der Waals surface area contributed by atoms with E-state index in [0.29, 0.717) is 6.61 Å². The Balaban J connectivity index is 2.24. The smallest absolute Gasteiger partial charge is 0.128 e. The molecule has 0 fully saturated rings. The molecule has 1 N–H and O–H groups in total. The van der Waals surface area contributed by atoms with Gasteiger partial charge in [0, 0.05) is 0 Å². The molecule has 0 spiro atoms. The van der Waals surface area contributed by atoms with E-state index in [-0.39, 0.29) is 6.04 Å². The second-order valence-corrected chi connectivity index (χ2v) is 4.86. The first-order chi connectivity index (χ1) is 9.76. The molecular formula is C17H23NO2. The standard InChI is InChI=1S/C17H23NO2/c1-4-11-18-16(17-13(3)10-12-20-17)14-6-8-15(9-7-14)19-5-2/h6-10,12,16,18H,4-5,11H2,1-3H3. The zero-order valence-electron chi connectivity index (χ0n) is 12.5. The van der Waals surface area contributed by atoms with Gasteiger partial charge in [0.15, 0.2) is 0 Å². The lowest BCUT2D eigenvalue weighted by atomic mass is 10.0. The van der Waals surface area contributed by atoms with Gasteiger partial charge in [0.2, 0.25) is 0 Å². The summed E-state index contributed by atoms with van der Waals surface area (Å²) in [5.41, 5.74) is 2.37. The van der Waals surface area contributed by atoms with Gasteiger partial charge < -0.3 is 14.5 Å². The van der Waals surface area contributed by atoms with Crippen LogP contribution in [0.25, 0.3) is 0 Å². The molecule has 0 aliphatic rings. The van der Waals surface area contributed by atoms with E-state index in [0.717, 1.165) is 24.5 Å². The highest BCUT2D eigenvalue weighted by atomic mass is 16.5. The van der Waals surface area contributed by atoms with Crippen LogP contribution in [0.1, 0.15) is 43.2 Å². The van der Waals surface area contributed by atoms with Gasteiger partial charge in [-0.1, -0.05) is 19.1 Å². The van der Waals surface area contributed by atoms with E-state index in [1.807, 2.05) is 25.1 Å². The Morgan fingerprint density at radius 2 is 1.90 bits per heavy atom. The summed E-state index contributed by atoms with van der Waals surface area (Å²) in [5, 5.41) is 3.55. The highest BCUT2D eigenvalue weighted by molar-refractivity contribution is 5.34. The molecule has 0 bridgehead atoms. The lowest BCUT2D eigenvalue weighted by Gasteiger charge is -2.18. The van der Waals surface area contributed by atoms with Crippen LogP contribution in [0, 0.1) is 6.92 Å². The molecule has 0 aliphatic carbocycles. The molecule has 1 heterocycles. The SMILES string of the molecule is CCCNC(c1ccc(OCC)cc1)c1occc1C. The summed E-state index contributed by atoms with van der Waals surface area (Å²) in [7, 11) is 0. The first-order valence-corrected chi connectivity index (χ1v) is 7.26. The molecule has 0 radical (unpaired) electrons.